The fourth-order valence-electron chi connectivity index (χ4n) is 2.77. The summed E-state index contributed by atoms with van der Waals surface area (Å²) < 4.78 is 1.60. The molecule has 1 amide bonds. The molecule has 124 valence electrons. The van der Waals surface area contributed by atoms with Crippen molar-refractivity contribution in [1.29, 1.82) is 0 Å². The highest BCUT2D eigenvalue weighted by Gasteiger charge is 2.13. The highest BCUT2D eigenvalue weighted by Crippen LogP contribution is 2.15. The average Bonchev–Trinajstić information content (AvgIpc) is 3.30. The van der Waals surface area contributed by atoms with Crippen LogP contribution in [0.25, 0.3) is 16.7 Å². The Bertz CT molecular complexity index is 1000. The van der Waals surface area contributed by atoms with Crippen molar-refractivity contribution in [3.63, 3.8) is 0 Å². The number of hydrogen-bond donors (Lipinski definition) is 2. The fourth-order valence-corrected chi connectivity index (χ4v) is 2.77. The highest BCUT2D eigenvalue weighted by atomic mass is 16.2. The summed E-state index contributed by atoms with van der Waals surface area (Å²) in [5, 5.41) is 7.16. The van der Waals surface area contributed by atoms with E-state index in [2.05, 4.69) is 25.4 Å². The zero-order chi connectivity index (χ0) is 17.1. The third kappa shape index (κ3) is 2.99. The number of H-pyrrole nitrogens is 1. The van der Waals surface area contributed by atoms with Gasteiger partial charge < -0.3 is 10.3 Å². The topological polar surface area (TPSA) is 88.5 Å². The lowest BCUT2D eigenvalue weighted by Gasteiger charge is -2.08. The molecule has 0 radical (unpaired) electrons. The fraction of sp³-hybridized carbons (Fsp3) is 0.111. The van der Waals surface area contributed by atoms with E-state index in [1.54, 1.807) is 47.7 Å². The van der Waals surface area contributed by atoms with Crippen LogP contribution in [0, 0.1) is 0 Å². The van der Waals surface area contributed by atoms with E-state index in [0.29, 0.717) is 18.7 Å². The number of aromatic nitrogens is 5. The molecule has 0 bridgehead atoms. The normalized spacial score (nSPS) is 10.9. The van der Waals surface area contributed by atoms with Gasteiger partial charge in [-0.2, -0.15) is 5.10 Å². The van der Waals surface area contributed by atoms with Crippen molar-refractivity contribution >= 4 is 16.9 Å². The third-order valence-electron chi connectivity index (χ3n) is 3.98. The summed E-state index contributed by atoms with van der Waals surface area (Å²) in [5.41, 5.74) is 4.31. The zero-order valence-electron chi connectivity index (χ0n) is 13.4. The number of rotatable bonds is 5. The second kappa shape index (κ2) is 6.56. The first-order valence-corrected chi connectivity index (χ1v) is 7.96. The summed E-state index contributed by atoms with van der Waals surface area (Å²) in [6.45, 7) is 0.518. The van der Waals surface area contributed by atoms with Crippen molar-refractivity contribution in [3.05, 3.63) is 72.6 Å². The molecule has 0 aromatic carbocycles. The number of aromatic amines is 1. The Morgan fingerprint density at radius 3 is 2.88 bits per heavy atom. The van der Waals surface area contributed by atoms with Gasteiger partial charge in [0.1, 0.15) is 5.69 Å². The molecule has 0 fully saturated rings. The number of pyridine rings is 2. The van der Waals surface area contributed by atoms with Crippen LogP contribution >= 0.6 is 0 Å². The number of amides is 1. The molecule has 0 saturated heterocycles. The molecular formula is C18H16N6O. The first-order chi connectivity index (χ1) is 12.3. The molecule has 4 aromatic heterocycles. The van der Waals surface area contributed by atoms with Gasteiger partial charge in [0, 0.05) is 31.3 Å². The molecule has 7 nitrogen and oxygen atoms in total. The molecule has 7 heteroatoms. The van der Waals surface area contributed by atoms with Gasteiger partial charge in [-0.1, -0.05) is 0 Å². The Morgan fingerprint density at radius 2 is 2.00 bits per heavy atom. The van der Waals surface area contributed by atoms with Crippen molar-refractivity contribution in [1.82, 2.24) is 30.0 Å². The molecule has 0 aliphatic heterocycles. The lowest BCUT2D eigenvalue weighted by molar-refractivity contribution is 0.0946. The molecule has 4 rings (SSSR count). The molecule has 4 aromatic rings. The van der Waals surface area contributed by atoms with Crippen LogP contribution in [0.3, 0.4) is 0 Å². The molecule has 0 unspecified atom stereocenters. The number of carbonyl (C=O) groups excluding carboxylic acids is 1. The van der Waals surface area contributed by atoms with E-state index in [0.717, 1.165) is 22.3 Å². The van der Waals surface area contributed by atoms with Gasteiger partial charge in [0.2, 0.25) is 0 Å². The van der Waals surface area contributed by atoms with E-state index in [1.807, 2.05) is 18.3 Å². The first-order valence-electron chi connectivity index (χ1n) is 7.96. The first kappa shape index (κ1) is 15.1. The van der Waals surface area contributed by atoms with Gasteiger partial charge in [0.25, 0.3) is 5.91 Å². The van der Waals surface area contributed by atoms with Gasteiger partial charge in [-0.15, -0.1) is 0 Å². The van der Waals surface area contributed by atoms with Crippen LogP contribution < -0.4 is 5.32 Å². The van der Waals surface area contributed by atoms with Crippen LogP contribution in [0.15, 0.2) is 61.3 Å². The van der Waals surface area contributed by atoms with Crippen LogP contribution in [-0.2, 0) is 6.42 Å². The van der Waals surface area contributed by atoms with E-state index >= 15 is 0 Å². The van der Waals surface area contributed by atoms with Crippen molar-refractivity contribution in [2.24, 2.45) is 0 Å². The van der Waals surface area contributed by atoms with E-state index in [9.17, 15) is 4.79 Å². The van der Waals surface area contributed by atoms with Crippen LogP contribution in [0.1, 0.15) is 16.1 Å². The Kier molecular flexibility index (Phi) is 3.96. The molecule has 0 aliphatic rings. The van der Waals surface area contributed by atoms with Crippen LogP contribution in [0.2, 0.25) is 0 Å². The van der Waals surface area contributed by atoms with Gasteiger partial charge in [0.05, 0.1) is 22.9 Å². The minimum absolute atomic E-state index is 0.165. The summed E-state index contributed by atoms with van der Waals surface area (Å²) in [6, 6.07) is 9.19. The molecule has 0 saturated carbocycles. The smallest absolute Gasteiger partial charge is 0.270 e. The quantitative estimate of drug-likeness (QED) is 0.586. The van der Waals surface area contributed by atoms with Crippen LogP contribution in [0.5, 0.6) is 0 Å². The van der Waals surface area contributed by atoms with Crippen molar-refractivity contribution in [2.45, 2.75) is 6.42 Å². The molecular weight excluding hydrogens is 316 g/mol. The Labute approximate surface area is 143 Å². The maximum absolute atomic E-state index is 12.5. The molecule has 0 spiro atoms. The van der Waals surface area contributed by atoms with Gasteiger partial charge in [-0.3, -0.25) is 14.8 Å². The van der Waals surface area contributed by atoms with Crippen LogP contribution in [0.4, 0.5) is 0 Å². The third-order valence-corrected chi connectivity index (χ3v) is 3.98. The van der Waals surface area contributed by atoms with Crippen molar-refractivity contribution < 1.29 is 4.79 Å². The molecule has 25 heavy (non-hydrogen) atoms. The monoisotopic (exact) mass is 332 g/mol. The summed E-state index contributed by atoms with van der Waals surface area (Å²) in [7, 11) is 0. The second-order valence-corrected chi connectivity index (χ2v) is 5.55. The minimum Gasteiger partial charge on any atom is -0.360 e. The predicted molar refractivity (Wildman–Crippen MR) is 93.5 cm³/mol. The highest BCUT2D eigenvalue weighted by molar-refractivity contribution is 5.93. The molecule has 0 aliphatic carbocycles. The maximum Gasteiger partial charge on any atom is 0.270 e. The number of nitrogens with one attached hydrogen (secondary N) is 2. The zero-order valence-corrected chi connectivity index (χ0v) is 13.4. The molecule has 2 N–H and O–H groups in total. The number of fused-ring (bicyclic) bond motifs is 1. The summed E-state index contributed by atoms with van der Waals surface area (Å²) in [6.07, 6.45) is 9.35. The average molecular weight is 332 g/mol. The number of carbonyl (C=O) groups is 1. The van der Waals surface area contributed by atoms with E-state index in [4.69, 9.17) is 0 Å². The minimum atomic E-state index is -0.165. The van der Waals surface area contributed by atoms with Gasteiger partial charge in [-0.25, -0.2) is 4.68 Å². The van der Waals surface area contributed by atoms with E-state index in [1.165, 1.54) is 0 Å². The second-order valence-electron chi connectivity index (χ2n) is 5.55. The van der Waals surface area contributed by atoms with E-state index < -0.39 is 0 Å². The van der Waals surface area contributed by atoms with Gasteiger partial charge >= 0.3 is 0 Å². The van der Waals surface area contributed by atoms with Gasteiger partial charge in [-0.05, 0) is 42.3 Å². The predicted octanol–water partition coefficient (Wildman–Crippen LogP) is 2.12. The molecule has 4 heterocycles. The Balaban J connectivity index is 1.44. The van der Waals surface area contributed by atoms with E-state index in [-0.39, 0.29) is 5.91 Å². The summed E-state index contributed by atoms with van der Waals surface area (Å²) in [4.78, 5) is 24.0. The number of hydrogen-bond acceptors (Lipinski definition) is 4. The lowest BCUT2D eigenvalue weighted by atomic mass is 10.2. The number of nitrogens with zero attached hydrogens (tertiary/aromatic N) is 4. The summed E-state index contributed by atoms with van der Waals surface area (Å²) >= 11 is 0. The largest absolute Gasteiger partial charge is 0.360 e. The van der Waals surface area contributed by atoms with Gasteiger partial charge in [0.15, 0.2) is 0 Å². The Morgan fingerprint density at radius 1 is 1.12 bits per heavy atom. The van der Waals surface area contributed by atoms with Crippen LogP contribution in [-0.4, -0.2) is 37.2 Å². The Hall–Kier alpha value is -3.48. The SMILES string of the molecule is O=C(NCCc1c[nH]c2cccnc12)c1ccnn1-c1ccncc1. The lowest BCUT2D eigenvalue weighted by Crippen LogP contribution is -2.27. The summed E-state index contributed by atoms with van der Waals surface area (Å²) in [5.74, 6) is -0.165. The van der Waals surface area contributed by atoms with Crippen molar-refractivity contribution in [3.8, 4) is 5.69 Å². The van der Waals surface area contributed by atoms with Crippen molar-refractivity contribution in [2.75, 3.05) is 6.54 Å². The standard InChI is InChI=1S/C18H16N6O/c25-18(16-6-11-23-24(16)14-4-8-19-9-5-14)21-10-3-13-12-22-15-2-1-7-20-17(13)15/h1-2,4-9,11-12,22H,3,10H2,(H,21,25). The molecule has 0 atom stereocenters. The maximum atomic E-state index is 12.5.